The highest BCUT2D eigenvalue weighted by Crippen LogP contribution is 2.21. The van der Waals surface area contributed by atoms with Crippen LogP contribution < -0.4 is 5.32 Å². The van der Waals surface area contributed by atoms with E-state index in [2.05, 4.69) is 11.2 Å². The molecule has 0 spiro atoms. The van der Waals surface area contributed by atoms with Crippen molar-refractivity contribution in [2.75, 3.05) is 0 Å². The Balaban J connectivity index is 3.01. The molecule has 0 amide bonds. The molecule has 0 bridgehead atoms. The van der Waals surface area contributed by atoms with Gasteiger partial charge in [0, 0.05) is 17.1 Å². The molecule has 0 radical (unpaired) electrons. The average Bonchev–Trinajstić information content (AvgIpc) is 2.15. The van der Waals surface area contributed by atoms with Crippen molar-refractivity contribution in [3.63, 3.8) is 0 Å². The third-order valence-corrected chi connectivity index (χ3v) is 2.30. The van der Waals surface area contributed by atoms with Crippen molar-refractivity contribution in [2.45, 2.75) is 39.3 Å². The normalized spacial score (nSPS) is 13.2. The standard InChI is InChI=1S/C14H18FN/c1-6-11-8-7-9-12(13(11)15)10(2)16-14(3,4)5/h1,7-10,16H,2-5H3/t10-/m1/s1. The van der Waals surface area contributed by atoms with Gasteiger partial charge in [-0.1, -0.05) is 18.1 Å². The Morgan fingerprint density at radius 2 is 2.00 bits per heavy atom. The summed E-state index contributed by atoms with van der Waals surface area (Å²) in [5, 5.41) is 3.32. The molecule has 1 nitrogen and oxygen atoms in total. The molecule has 0 saturated heterocycles. The number of nitrogens with one attached hydrogen (secondary N) is 1. The first kappa shape index (κ1) is 12.7. The fraction of sp³-hybridized carbons (Fsp3) is 0.429. The van der Waals surface area contributed by atoms with Crippen LogP contribution in [0.15, 0.2) is 18.2 Å². The van der Waals surface area contributed by atoms with Crippen LogP contribution in [0.2, 0.25) is 0 Å². The van der Waals surface area contributed by atoms with Crippen LogP contribution >= 0.6 is 0 Å². The molecule has 0 aliphatic heterocycles. The van der Waals surface area contributed by atoms with Crippen LogP contribution in [0.5, 0.6) is 0 Å². The third kappa shape index (κ3) is 3.08. The Bertz CT molecular complexity index is 410. The molecular formula is C14H18FN. The Hall–Kier alpha value is -1.33. The van der Waals surface area contributed by atoms with E-state index >= 15 is 0 Å². The molecule has 0 saturated carbocycles. The third-order valence-electron chi connectivity index (χ3n) is 2.30. The molecule has 0 unspecified atom stereocenters. The summed E-state index contributed by atoms with van der Waals surface area (Å²) < 4.78 is 13.9. The van der Waals surface area contributed by atoms with Gasteiger partial charge in [-0.25, -0.2) is 4.39 Å². The number of rotatable bonds is 2. The summed E-state index contributed by atoms with van der Waals surface area (Å²) in [6.45, 7) is 8.08. The van der Waals surface area contributed by atoms with Crippen molar-refractivity contribution in [1.82, 2.24) is 5.32 Å². The maximum Gasteiger partial charge on any atom is 0.143 e. The molecule has 2 heteroatoms. The fourth-order valence-electron chi connectivity index (χ4n) is 1.72. The maximum atomic E-state index is 13.9. The first-order valence-corrected chi connectivity index (χ1v) is 5.38. The molecule has 0 aromatic heterocycles. The lowest BCUT2D eigenvalue weighted by Crippen LogP contribution is -2.38. The van der Waals surface area contributed by atoms with E-state index < -0.39 is 0 Å². The quantitative estimate of drug-likeness (QED) is 0.753. The van der Waals surface area contributed by atoms with E-state index in [1.807, 2.05) is 27.7 Å². The summed E-state index contributed by atoms with van der Waals surface area (Å²) in [6.07, 6.45) is 5.24. The van der Waals surface area contributed by atoms with Gasteiger partial charge in [0.25, 0.3) is 0 Å². The summed E-state index contributed by atoms with van der Waals surface area (Å²) in [4.78, 5) is 0. The van der Waals surface area contributed by atoms with Gasteiger partial charge in [0.05, 0.1) is 5.56 Å². The van der Waals surface area contributed by atoms with Gasteiger partial charge < -0.3 is 5.32 Å². The predicted molar refractivity (Wildman–Crippen MR) is 65.6 cm³/mol. The van der Waals surface area contributed by atoms with Gasteiger partial charge in [-0.2, -0.15) is 0 Å². The van der Waals surface area contributed by atoms with Crippen LogP contribution in [0.25, 0.3) is 0 Å². The minimum absolute atomic E-state index is 0.0575. The zero-order valence-electron chi connectivity index (χ0n) is 10.3. The van der Waals surface area contributed by atoms with E-state index in [1.54, 1.807) is 18.2 Å². The molecule has 1 N–H and O–H groups in total. The van der Waals surface area contributed by atoms with Crippen molar-refractivity contribution >= 4 is 0 Å². The zero-order valence-corrected chi connectivity index (χ0v) is 10.3. The maximum absolute atomic E-state index is 13.9. The molecule has 0 fully saturated rings. The van der Waals surface area contributed by atoms with Crippen molar-refractivity contribution in [3.8, 4) is 12.3 Å². The highest BCUT2D eigenvalue weighted by Gasteiger charge is 2.18. The van der Waals surface area contributed by atoms with Crippen LogP contribution in [0.4, 0.5) is 4.39 Å². The molecule has 0 heterocycles. The van der Waals surface area contributed by atoms with Crippen LogP contribution in [-0.4, -0.2) is 5.54 Å². The molecule has 1 atom stereocenters. The first-order chi connectivity index (χ1) is 7.35. The lowest BCUT2D eigenvalue weighted by Gasteiger charge is -2.26. The van der Waals surface area contributed by atoms with Crippen molar-refractivity contribution in [3.05, 3.63) is 35.1 Å². The summed E-state index contributed by atoms with van der Waals surface area (Å²) in [5.41, 5.74) is 0.878. The van der Waals surface area contributed by atoms with Crippen LogP contribution in [0.1, 0.15) is 44.9 Å². The monoisotopic (exact) mass is 219 g/mol. The van der Waals surface area contributed by atoms with Gasteiger partial charge in [-0.3, -0.25) is 0 Å². The highest BCUT2D eigenvalue weighted by atomic mass is 19.1. The van der Waals surface area contributed by atoms with Gasteiger partial charge in [0.2, 0.25) is 0 Å². The van der Waals surface area contributed by atoms with Gasteiger partial charge in [0.1, 0.15) is 5.82 Å². The summed E-state index contributed by atoms with van der Waals surface area (Å²) >= 11 is 0. The van der Waals surface area contributed by atoms with Crippen molar-refractivity contribution < 1.29 is 4.39 Å². The summed E-state index contributed by atoms with van der Waals surface area (Å²) in [6, 6.07) is 5.10. The topological polar surface area (TPSA) is 12.0 Å². The summed E-state index contributed by atoms with van der Waals surface area (Å²) in [5.74, 6) is 2.05. The van der Waals surface area contributed by atoms with E-state index in [9.17, 15) is 4.39 Å². The van der Waals surface area contributed by atoms with Gasteiger partial charge in [0.15, 0.2) is 0 Å². The minimum Gasteiger partial charge on any atom is -0.305 e. The van der Waals surface area contributed by atoms with E-state index in [0.29, 0.717) is 11.1 Å². The SMILES string of the molecule is C#Cc1cccc([C@@H](C)NC(C)(C)C)c1F. The number of hydrogen-bond donors (Lipinski definition) is 1. The number of terminal acetylenes is 1. The Kier molecular flexibility index (Phi) is 3.72. The molecule has 86 valence electrons. The molecular weight excluding hydrogens is 201 g/mol. The Morgan fingerprint density at radius 1 is 1.38 bits per heavy atom. The molecule has 0 aliphatic carbocycles. The lowest BCUT2D eigenvalue weighted by molar-refractivity contribution is 0.371. The van der Waals surface area contributed by atoms with Crippen LogP contribution in [0, 0.1) is 18.2 Å². The van der Waals surface area contributed by atoms with E-state index in [4.69, 9.17) is 6.42 Å². The lowest BCUT2D eigenvalue weighted by atomic mass is 10.0. The summed E-state index contributed by atoms with van der Waals surface area (Å²) in [7, 11) is 0. The number of hydrogen-bond acceptors (Lipinski definition) is 1. The van der Waals surface area contributed by atoms with Gasteiger partial charge in [-0.15, -0.1) is 6.42 Å². The van der Waals surface area contributed by atoms with Gasteiger partial charge in [-0.05, 0) is 33.8 Å². The first-order valence-electron chi connectivity index (χ1n) is 5.38. The van der Waals surface area contributed by atoms with Crippen molar-refractivity contribution in [2.24, 2.45) is 0 Å². The molecule has 0 aliphatic rings. The van der Waals surface area contributed by atoms with E-state index in [1.165, 1.54) is 0 Å². The molecule has 16 heavy (non-hydrogen) atoms. The molecule has 1 aromatic carbocycles. The van der Waals surface area contributed by atoms with Gasteiger partial charge >= 0.3 is 0 Å². The molecule has 1 rings (SSSR count). The number of halogens is 1. The second-order valence-electron chi connectivity index (χ2n) is 4.97. The fourth-order valence-corrected chi connectivity index (χ4v) is 1.72. The second kappa shape index (κ2) is 4.67. The van der Waals surface area contributed by atoms with Crippen molar-refractivity contribution in [1.29, 1.82) is 0 Å². The largest absolute Gasteiger partial charge is 0.305 e. The predicted octanol–water partition coefficient (Wildman–Crippen LogP) is 3.26. The smallest absolute Gasteiger partial charge is 0.143 e. The zero-order chi connectivity index (χ0) is 12.3. The minimum atomic E-state index is -0.297. The van der Waals surface area contributed by atoms with Crippen LogP contribution in [0.3, 0.4) is 0 Å². The highest BCUT2D eigenvalue weighted by molar-refractivity contribution is 5.38. The van der Waals surface area contributed by atoms with E-state index in [-0.39, 0.29) is 17.4 Å². The Labute approximate surface area is 97.1 Å². The molecule has 1 aromatic rings. The van der Waals surface area contributed by atoms with Crippen LogP contribution in [-0.2, 0) is 0 Å². The number of benzene rings is 1. The van der Waals surface area contributed by atoms with E-state index in [0.717, 1.165) is 0 Å². The average molecular weight is 219 g/mol. The Morgan fingerprint density at radius 3 is 2.50 bits per heavy atom. The second-order valence-corrected chi connectivity index (χ2v) is 4.97.